The normalized spacial score (nSPS) is 35.2. The number of halogens is 1. The number of sulfonamides is 1. The Labute approximate surface area is 134 Å². The Morgan fingerprint density at radius 1 is 1.24 bits per heavy atom. The van der Waals surface area contributed by atoms with Gasteiger partial charge in [0.15, 0.2) is 0 Å². The number of hydrogen-bond donors (Lipinski definition) is 1. The highest BCUT2D eigenvalue weighted by molar-refractivity contribution is 7.89. The molecule has 3 aliphatic heterocycles. The van der Waals surface area contributed by atoms with Crippen LogP contribution in [0.15, 0.2) is 0 Å². The topological polar surface area (TPSA) is 52.7 Å². The van der Waals surface area contributed by atoms with Crippen LogP contribution in [-0.2, 0) is 10.0 Å². The molecular formula is C14H28ClN3O2S. The van der Waals surface area contributed by atoms with Gasteiger partial charge in [-0.05, 0) is 44.2 Å². The second-order valence-electron chi connectivity index (χ2n) is 7.03. The van der Waals surface area contributed by atoms with Gasteiger partial charge in [0.25, 0.3) is 0 Å². The van der Waals surface area contributed by atoms with E-state index in [1.165, 1.54) is 6.42 Å². The third kappa shape index (κ3) is 3.72. The van der Waals surface area contributed by atoms with E-state index in [1.54, 1.807) is 4.31 Å². The van der Waals surface area contributed by atoms with Gasteiger partial charge in [0, 0.05) is 32.7 Å². The zero-order valence-electron chi connectivity index (χ0n) is 12.9. The Kier molecular flexibility index (Phi) is 5.58. The molecule has 124 valence electrons. The van der Waals surface area contributed by atoms with Crippen LogP contribution in [0.3, 0.4) is 0 Å². The monoisotopic (exact) mass is 337 g/mol. The van der Waals surface area contributed by atoms with E-state index in [9.17, 15) is 8.42 Å². The molecule has 0 aromatic heterocycles. The molecule has 0 aromatic carbocycles. The minimum atomic E-state index is -3.05. The number of nitrogens with one attached hydrogen (secondary N) is 1. The molecule has 0 spiro atoms. The zero-order valence-corrected chi connectivity index (χ0v) is 14.5. The second-order valence-corrected chi connectivity index (χ2v) is 9.25. The van der Waals surface area contributed by atoms with Gasteiger partial charge in [-0.1, -0.05) is 6.92 Å². The van der Waals surface area contributed by atoms with Crippen LogP contribution in [0.5, 0.6) is 0 Å². The Morgan fingerprint density at radius 3 is 2.57 bits per heavy atom. The Bertz CT molecular complexity index is 445. The molecule has 1 N–H and O–H groups in total. The Hall–Kier alpha value is 0.120. The number of hydrogen-bond acceptors (Lipinski definition) is 4. The van der Waals surface area contributed by atoms with E-state index in [0.717, 1.165) is 65.1 Å². The van der Waals surface area contributed by atoms with Gasteiger partial charge in [-0.3, -0.25) is 0 Å². The van der Waals surface area contributed by atoms with Crippen LogP contribution >= 0.6 is 12.4 Å². The summed E-state index contributed by atoms with van der Waals surface area (Å²) in [5.41, 5.74) is 0.326. The molecule has 0 aromatic rings. The quantitative estimate of drug-likeness (QED) is 0.828. The minimum absolute atomic E-state index is 0. The van der Waals surface area contributed by atoms with Gasteiger partial charge in [0.2, 0.25) is 10.0 Å². The lowest BCUT2D eigenvalue weighted by Crippen LogP contribution is -2.40. The highest BCUT2D eigenvalue weighted by Crippen LogP contribution is 2.29. The number of rotatable bonds is 4. The fraction of sp³-hybridized carbons (Fsp3) is 1.00. The molecule has 3 fully saturated rings. The van der Waals surface area contributed by atoms with Gasteiger partial charge in [0.05, 0.1) is 5.25 Å². The average Bonchev–Trinajstić information content (AvgIpc) is 3.09. The summed E-state index contributed by atoms with van der Waals surface area (Å²) >= 11 is 0. The summed E-state index contributed by atoms with van der Waals surface area (Å²) in [6.45, 7) is 8.65. The van der Waals surface area contributed by atoms with Gasteiger partial charge < -0.3 is 10.2 Å². The lowest BCUT2D eigenvalue weighted by Gasteiger charge is -2.29. The summed E-state index contributed by atoms with van der Waals surface area (Å²) < 4.78 is 26.9. The highest BCUT2D eigenvalue weighted by atomic mass is 35.5. The van der Waals surface area contributed by atoms with Crippen molar-refractivity contribution in [2.45, 2.75) is 37.9 Å². The van der Waals surface area contributed by atoms with Gasteiger partial charge >= 0.3 is 0 Å². The summed E-state index contributed by atoms with van der Waals surface area (Å²) in [7, 11) is -3.05. The van der Waals surface area contributed by atoms with E-state index in [-0.39, 0.29) is 17.7 Å². The summed E-state index contributed by atoms with van der Waals surface area (Å²) in [6.07, 6.45) is 4.06. The predicted octanol–water partition coefficient (Wildman–Crippen LogP) is 0.908. The van der Waals surface area contributed by atoms with Gasteiger partial charge in [0.1, 0.15) is 0 Å². The third-order valence-corrected chi connectivity index (χ3v) is 7.45. The van der Waals surface area contributed by atoms with Crippen molar-refractivity contribution in [2.24, 2.45) is 5.41 Å². The molecule has 21 heavy (non-hydrogen) atoms. The van der Waals surface area contributed by atoms with Crippen molar-refractivity contribution in [2.75, 3.05) is 45.8 Å². The summed E-state index contributed by atoms with van der Waals surface area (Å²) in [5, 5.41) is 3.25. The molecule has 3 aliphatic rings. The van der Waals surface area contributed by atoms with E-state index in [4.69, 9.17) is 0 Å². The summed E-state index contributed by atoms with van der Waals surface area (Å²) in [6, 6.07) is 0. The molecule has 2 unspecified atom stereocenters. The standard InChI is InChI=1S/C14H27N3O2S.ClH/c1-14(5-6-15-11-14)12-16-9-4-13(10-16)20(18,19)17-7-2-3-8-17;/h13,15H,2-12H2,1H3;1H. The first-order valence-corrected chi connectivity index (χ1v) is 9.42. The van der Waals surface area contributed by atoms with Crippen LogP contribution in [0.25, 0.3) is 0 Å². The van der Waals surface area contributed by atoms with Crippen molar-refractivity contribution >= 4 is 22.4 Å². The Balaban J connectivity index is 0.00000161. The first-order chi connectivity index (χ1) is 9.50. The van der Waals surface area contributed by atoms with Crippen molar-refractivity contribution in [1.29, 1.82) is 0 Å². The van der Waals surface area contributed by atoms with Crippen LogP contribution in [-0.4, -0.2) is 68.7 Å². The van der Waals surface area contributed by atoms with Gasteiger partial charge in [-0.2, -0.15) is 0 Å². The highest BCUT2D eigenvalue weighted by Gasteiger charge is 2.40. The van der Waals surface area contributed by atoms with Crippen molar-refractivity contribution in [3.8, 4) is 0 Å². The largest absolute Gasteiger partial charge is 0.316 e. The van der Waals surface area contributed by atoms with E-state index < -0.39 is 10.0 Å². The van der Waals surface area contributed by atoms with Crippen LogP contribution < -0.4 is 5.32 Å². The van der Waals surface area contributed by atoms with E-state index in [1.807, 2.05) is 0 Å². The SMILES string of the molecule is CC1(CN2CCC(S(=O)(=O)N3CCCC3)C2)CCNC1.Cl. The molecule has 0 amide bonds. The molecule has 7 heteroatoms. The molecule has 0 saturated carbocycles. The maximum atomic E-state index is 12.6. The van der Waals surface area contributed by atoms with Crippen LogP contribution in [0.1, 0.15) is 32.6 Å². The van der Waals surface area contributed by atoms with Gasteiger partial charge in [-0.15, -0.1) is 12.4 Å². The van der Waals surface area contributed by atoms with E-state index >= 15 is 0 Å². The van der Waals surface area contributed by atoms with Crippen molar-refractivity contribution in [3.63, 3.8) is 0 Å². The van der Waals surface area contributed by atoms with Crippen LogP contribution in [0, 0.1) is 5.41 Å². The average molecular weight is 338 g/mol. The lowest BCUT2D eigenvalue weighted by molar-refractivity contribution is 0.209. The first kappa shape index (κ1) is 17.5. The van der Waals surface area contributed by atoms with Gasteiger partial charge in [-0.25, -0.2) is 12.7 Å². The zero-order chi connectivity index (χ0) is 14.2. The molecule has 0 bridgehead atoms. The molecule has 5 nitrogen and oxygen atoms in total. The van der Waals surface area contributed by atoms with E-state index in [0.29, 0.717) is 5.41 Å². The maximum absolute atomic E-state index is 12.6. The van der Waals surface area contributed by atoms with E-state index in [2.05, 4.69) is 17.1 Å². The smallest absolute Gasteiger partial charge is 0.218 e. The van der Waals surface area contributed by atoms with Crippen LogP contribution in [0.4, 0.5) is 0 Å². The molecular weight excluding hydrogens is 310 g/mol. The molecule has 0 aliphatic carbocycles. The van der Waals surface area contributed by atoms with Crippen molar-refractivity contribution in [3.05, 3.63) is 0 Å². The number of likely N-dealkylation sites (tertiary alicyclic amines) is 1. The molecule has 0 radical (unpaired) electrons. The number of nitrogens with zero attached hydrogens (tertiary/aromatic N) is 2. The summed E-state index contributed by atoms with van der Waals surface area (Å²) in [4.78, 5) is 2.37. The summed E-state index contributed by atoms with van der Waals surface area (Å²) in [5.74, 6) is 0. The molecule has 2 atom stereocenters. The maximum Gasteiger partial charge on any atom is 0.218 e. The molecule has 3 saturated heterocycles. The van der Waals surface area contributed by atoms with Crippen molar-refractivity contribution < 1.29 is 8.42 Å². The lowest BCUT2D eigenvalue weighted by atomic mass is 9.89. The third-order valence-electron chi connectivity index (χ3n) is 5.14. The molecule has 3 rings (SSSR count). The van der Waals surface area contributed by atoms with Crippen LogP contribution in [0.2, 0.25) is 0 Å². The minimum Gasteiger partial charge on any atom is -0.316 e. The molecule has 3 heterocycles. The van der Waals surface area contributed by atoms with Crippen molar-refractivity contribution in [1.82, 2.24) is 14.5 Å². The fourth-order valence-electron chi connectivity index (χ4n) is 3.88. The fourth-order valence-corrected chi connectivity index (χ4v) is 5.87. The first-order valence-electron chi connectivity index (χ1n) is 7.92. The predicted molar refractivity (Wildman–Crippen MR) is 87.4 cm³/mol. The Morgan fingerprint density at radius 2 is 1.95 bits per heavy atom. The second kappa shape index (κ2) is 6.71.